The number of amides is 1. The van der Waals surface area contributed by atoms with E-state index in [0.29, 0.717) is 0 Å². The van der Waals surface area contributed by atoms with Gasteiger partial charge in [-0.3, -0.25) is 9.52 Å². The van der Waals surface area contributed by atoms with Crippen molar-refractivity contribution in [1.29, 1.82) is 0 Å². The molecule has 2 aromatic carbocycles. The lowest BCUT2D eigenvalue weighted by atomic mass is 10.2. The molecule has 1 amide bonds. The molecule has 0 aliphatic carbocycles. The van der Waals surface area contributed by atoms with Crippen LogP contribution >= 0.6 is 11.6 Å². The SMILES string of the molecule is O=C(NCC(F)(F)F)c1ccc(Cl)c(S(=O)(=O)Nc2ccc(F)cc2)c1. The van der Waals surface area contributed by atoms with Crippen molar-refractivity contribution >= 4 is 33.2 Å². The minimum atomic E-state index is -4.61. The van der Waals surface area contributed by atoms with E-state index in [-0.39, 0.29) is 16.3 Å². The van der Waals surface area contributed by atoms with Gasteiger partial charge in [-0.2, -0.15) is 13.2 Å². The third-order valence-electron chi connectivity index (χ3n) is 3.03. The Balaban J connectivity index is 2.27. The van der Waals surface area contributed by atoms with E-state index >= 15 is 0 Å². The van der Waals surface area contributed by atoms with Gasteiger partial charge in [-0.15, -0.1) is 0 Å². The molecule has 0 aliphatic rings. The van der Waals surface area contributed by atoms with Gasteiger partial charge >= 0.3 is 6.18 Å². The fourth-order valence-corrected chi connectivity index (χ4v) is 3.45. The van der Waals surface area contributed by atoms with E-state index in [1.807, 2.05) is 0 Å². The minimum absolute atomic E-state index is 0.0365. The molecule has 0 aromatic heterocycles. The maximum atomic E-state index is 12.9. The first-order valence-electron chi connectivity index (χ1n) is 6.91. The van der Waals surface area contributed by atoms with E-state index in [9.17, 15) is 30.8 Å². The second-order valence-corrected chi connectivity index (χ2v) is 7.11. The maximum Gasteiger partial charge on any atom is 0.405 e. The summed E-state index contributed by atoms with van der Waals surface area (Å²) in [5.74, 6) is -1.69. The zero-order valence-electron chi connectivity index (χ0n) is 12.8. The smallest absolute Gasteiger partial charge is 0.343 e. The van der Waals surface area contributed by atoms with Crippen LogP contribution in [0.4, 0.5) is 23.2 Å². The third-order valence-corrected chi connectivity index (χ3v) is 4.89. The molecule has 0 aliphatic heterocycles. The van der Waals surface area contributed by atoms with Gasteiger partial charge in [0.05, 0.1) is 5.02 Å². The van der Waals surface area contributed by atoms with Crippen LogP contribution in [0.1, 0.15) is 10.4 Å². The Bertz CT molecular complexity index is 915. The Morgan fingerprint density at radius 2 is 1.69 bits per heavy atom. The van der Waals surface area contributed by atoms with Crippen LogP contribution in [0.2, 0.25) is 5.02 Å². The fourth-order valence-electron chi connectivity index (χ4n) is 1.86. The third kappa shape index (κ3) is 5.33. The number of alkyl halides is 3. The molecule has 0 saturated heterocycles. The summed E-state index contributed by atoms with van der Waals surface area (Å²) < 4.78 is 76.3. The largest absolute Gasteiger partial charge is 0.405 e. The fraction of sp³-hybridized carbons (Fsp3) is 0.133. The second kappa shape index (κ2) is 7.50. The number of carbonyl (C=O) groups is 1. The van der Waals surface area contributed by atoms with Crippen LogP contribution < -0.4 is 10.0 Å². The number of hydrogen-bond acceptors (Lipinski definition) is 3. The molecule has 0 bridgehead atoms. The van der Waals surface area contributed by atoms with Crippen LogP contribution in [0.25, 0.3) is 0 Å². The second-order valence-electron chi connectivity index (χ2n) is 5.06. The molecule has 0 radical (unpaired) electrons. The standard InChI is InChI=1S/C15H11ClF4N2O3S/c16-12-6-1-9(14(23)21-8-15(18,19)20)7-13(12)26(24,25)22-11-4-2-10(17)3-5-11/h1-7,22H,8H2,(H,21,23). The first-order chi connectivity index (χ1) is 12.0. The molecule has 26 heavy (non-hydrogen) atoms. The van der Waals surface area contributed by atoms with Crippen LogP contribution in [0.5, 0.6) is 0 Å². The van der Waals surface area contributed by atoms with Crippen molar-refractivity contribution < 1.29 is 30.8 Å². The van der Waals surface area contributed by atoms with Crippen molar-refractivity contribution in [3.05, 3.63) is 58.9 Å². The Hall–Kier alpha value is -2.33. The predicted molar refractivity (Wildman–Crippen MR) is 87.0 cm³/mol. The molecule has 2 N–H and O–H groups in total. The average Bonchev–Trinajstić information content (AvgIpc) is 2.54. The van der Waals surface area contributed by atoms with Crippen molar-refractivity contribution in [2.75, 3.05) is 11.3 Å². The van der Waals surface area contributed by atoms with Gasteiger partial charge in [0.2, 0.25) is 0 Å². The molecule has 0 unspecified atom stereocenters. The highest BCUT2D eigenvalue weighted by molar-refractivity contribution is 7.92. The number of rotatable bonds is 5. The van der Waals surface area contributed by atoms with Crippen molar-refractivity contribution in [2.24, 2.45) is 0 Å². The van der Waals surface area contributed by atoms with Gasteiger partial charge < -0.3 is 5.32 Å². The van der Waals surface area contributed by atoms with Gasteiger partial charge in [0.25, 0.3) is 15.9 Å². The Morgan fingerprint density at radius 3 is 2.27 bits per heavy atom. The molecular formula is C15H11ClF4N2O3S. The highest BCUT2D eigenvalue weighted by Crippen LogP contribution is 2.25. The Labute approximate surface area is 151 Å². The van der Waals surface area contributed by atoms with Crippen LogP contribution in [-0.2, 0) is 10.0 Å². The van der Waals surface area contributed by atoms with E-state index in [1.54, 1.807) is 5.32 Å². The molecular weight excluding hydrogens is 400 g/mol. The summed E-state index contributed by atoms with van der Waals surface area (Å²) in [5, 5.41) is 1.39. The van der Waals surface area contributed by atoms with Crippen LogP contribution in [0.15, 0.2) is 47.4 Å². The molecule has 0 fully saturated rings. The van der Waals surface area contributed by atoms with Gasteiger partial charge in [-0.25, -0.2) is 12.8 Å². The molecule has 0 saturated carbocycles. The number of nitrogens with one attached hydrogen (secondary N) is 2. The number of carbonyl (C=O) groups excluding carboxylic acids is 1. The van der Waals surface area contributed by atoms with Crippen molar-refractivity contribution in [1.82, 2.24) is 5.32 Å². The van der Waals surface area contributed by atoms with E-state index < -0.39 is 39.4 Å². The summed E-state index contributed by atoms with van der Waals surface area (Å²) in [5.41, 5.74) is -0.285. The van der Waals surface area contributed by atoms with Gasteiger partial charge in [-0.05, 0) is 42.5 Å². The molecule has 0 atom stereocenters. The van der Waals surface area contributed by atoms with Gasteiger partial charge in [-0.1, -0.05) is 11.6 Å². The highest BCUT2D eigenvalue weighted by atomic mass is 35.5. The summed E-state index contributed by atoms with van der Waals surface area (Å²) in [4.78, 5) is 11.3. The summed E-state index contributed by atoms with van der Waals surface area (Å²) >= 11 is 5.84. The first-order valence-corrected chi connectivity index (χ1v) is 8.77. The van der Waals surface area contributed by atoms with Gasteiger partial charge in [0, 0.05) is 11.3 Å². The van der Waals surface area contributed by atoms with Crippen molar-refractivity contribution in [2.45, 2.75) is 11.1 Å². The van der Waals surface area contributed by atoms with E-state index in [1.165, 1.54) is 12.1 Å². The summed E-state index contributed by atoms with van der Waals surface area (Å²) in [6, 6.07) is 7.40. The molecule has 0 spiro atoms. The lowest BCUT2D eigenvalue weighted by Gasteiger charge is -2.12. The first kappa shape index (κ1) is 20.0. The van der Waals surface area contributed by atoms with Gasteiger partial charge in [0.1, 0.15) is 17.3 Å². The number of benzene rings is 2. The lowest BCUT2D eigenvalue weighted by Crippen LogP contribution is -2.33. The number of hydrogen-bond donors (Lipinski definition) is 2. The Morgan fingerprint density at radius 1 is 1.08 bits per heavy atom. The van der Waals surface area contributed by atoms with Gasteiger partial charge in [0.15, 0.2) is 0 Å². The van der Waals surface area contributed by atoms with Crippen molar-refractivity contribution in [3.8, 4) is 0 Å². The number of halogens is 5. The molecule has 5 nitrogen and oxygen atoms in total. The van der Waals surface area contributed by atoms with E-state index in [0.717, 1.165) is 30.3 Å². The minimum Gasteiger partial charge on any atom is -0.343 e. The molecule has 2 rings (SSSR count). The molecule has 11 heteroatoms. The zero-order chi connectivity index (χ0) is 19.5. The molecule has 0 heterocycles. The predicted octanol–water partition coefficient (Wildman–Crippen LogP) is 3.57. The zero-order valence-corrected chi connectivity index (χ0v) is 14.3. The summed E-state index contributed by atoms with van der Waals surface area (Å²) in [7, 11) is -4.26. The Kier molecular flexibility index (Phi) is 5.77. The molecule has 2 aromatic rings. The van der Waals surface area contributed by atoms with Crippen molar-refractivity contribution in [3.63, 3.8) is 0 Å². The quantitative estimate of drug-likeness (QED) is 0.740. The number of anilines is 1. The van der Waals surface area contributed by atoms with E-state index in [2.05, 4.69) is 4.72 Å². The van der Waals surface area contributed by atoms with Crippen LogP contribution in [0.3, 0.4) is 0 Å². The van der Waals surface area contributed by atoms with Crippen LogP contribution in [-0.4, -0.2) is 27.0 Å². The van der Waals surface area contributed by atoms with Crippen LogP contribution in [0, 0.1) is 5.82 Å². The lowest BCUT2D eigenvalue weighted by molar-refractivity contribution is -0.123. The average molecular weight is 411 g/mol. The number of sulfonamides is 1. The maximum absolute atomic E-state index is 12.9. The van der Waals surface area contributed by atoms with E-state index in [4.69, 9.17) is 11.6 Å². The monoisotopic (exact) mass is 410 g/mol. The highest BCUT2D eigenvalue weighted by Gasteiger charge is 2.28. The normalized spacial score (nSPS) is 11.9. The summed E-state index contributed by atoms with van der Waals surface area (Å²) in [6.07, 6.45) is -4.61. The summed E-state index contributed by atoms with van der Waals surface area (Å²) in [6.45, 7) is -1.57. The topological polar surface area (TPSA) is 75.3 Å². The molecule has 140 valence electrons.